The average molecular weight is 237 g/mol. The Labute approximate surface area is 99.9 Å². The highest BCUT2D eigenvalue weighted by Gasteiger charge is 2.20. The van der Waals surface area contributed by atoms with Gasteiger partial charge >= 0.3 is 0 Å². The van der Waals surface area contributed by atoms with Crippen molar-refractivity contribution in [3.63, 3.8) is 0 Å². The van der Waals surface area contributed by atoms with Crippen molar-refractivity contribution in [2.75, 3.05) is 12.3 Å². The topological polar surface area (TPSA) is 29.1 Å². The molecule has 0 saturated heterocycles. The minimum absolute atomic E-state index is 0.705. The van der Waals surface area contributed by atoms with Gasteiger partial charge in [-0.15, -0.1) is 0 Å². The maximum absolute atomic E-state index is 12.0. The summed E-state index contributed by atoms with van der Waals surface area (Å²) in [6, 6.07) is 6.78. The maximum Gasteiger partial charge on any atom is 0.0542 e. The zero-order chi connectivity index (χ0) is 11.5. The highest BCUT2D eigenvalue weighted by molar-refractivity contribution is 7.85. The van der Waals surface area contributed by atoms with Crippen LogP contribution >= 0.6 is 0 Å². The van der Waals surface area contributed by atoms with Crippen molar-refractivity contribution in [2.45, 2.75) is 37.6 Å². The van der Waals surface area contributed by atoms with Crippen molar-refractivity contribution in [3.05, 3.63) is 29.3 Å². The number of hydrogen-bond donors (Lipinski definition) is 1. The molecule has 1 atom stereocenters. The Bertz CT molecular complexity index is 399. The van der Waals surface area contributed by atoms with Crippen LogP contribution in [0.3, 0.4) is 0 Å². The summed E-state index contributed by atoms with van der Waals surface area (Å²) in [6.07, 6.45) is 2.58. The van der Waals surface area contributed by atoms with E-state index in [9.17, 15) is 4.21 Å². The molecular weight excluding hydrogens is 218 g/mol. The molecule has 0 heterocycles. The summed E-state index contributed by atoms with van der Waals surface area (Å²) >= 11 is 0. The lowest BCUT2D eigenvalue weighted by Gasteiger charge is -2.06. The number of benzene rings is 1. The van der Waals surface area contributed by atoms with Gasteiger partial charge in [-0.1, -0.05) is 6.07 Å². The molecule has 1 fully saturated rings. The van der Waals surface area contributed by atoms with Gasteiger partial charge in [0.1, 0.15) is 0 Å². The average Bonchev–Trinajstić information content (AvgIpc) is 3.06. The van der Waals surface area contributed by atoms with Crippen LogP contribution in [0.15, 0.2) is 23.1 Å². The Morgan fingerprint density at radius 1 is 1.31 bits per heavy atom. The first-order chi connectivity index (χ1) is 7.66. The summed E-state index contributed by atoms with van der Waals surface area (Å²) in [4.78, 5) is 0.959. The van der Waals surface area contributed by atoms with E-state index in [0.29, 0.717) is 6.04 Å². The first-order valence-corrected chi connectivity index (χ1v) is 7.18. The van der Waals surface area contributed by atoms with Crippen LogP contribution in [-0.2, 0) is 10.8 Å². The van der Waals surface area contributed by atoms with Crippen molar-refractivity contribution >= 4 is 10.8 Å². The molecule has 1 unspecified atom stereocenters. The third-order valence-corrected chi connectivity index (χ3v) is 4.39. The van der Waals surface area contributed by atoms with Crippen molar-refractivity contribution in [1.29, 1.82) is 0 Å². The summed E-state index contributed by atoms with van der Waals surface area (Å²) in [5.74, 6) is 0.721. The molecular formula is C13H19NOS. The molecule has 0 aliphatic heterocycles. The van der Waals surface area contributed by atoms with Gasteiger partial charge in [0.15, 0.2) is 0 Å². The Morgan fingerprint density at radius 3 is 2.69 bits per heavy atom. The molecule has 88 valence electrons. The van der Waals surface area contributed by atoms with Crippen LogP contribution in [0.2, 0.25) is 0 Å². The molecule has 0 spiro atoms. The van der Waals surface area contributed by atoms with Crippen LogP contribution in [0.5, 0.6) is 0 Å². The van der Waals surface area contributed by atoms with Crippen LogP contribution in [0.4, 0.5) is 0 Å². The van der Waals surface area contributed by atoms with E-state index in [0.717, 1.165) is 17.2 Å². The lowest BCUT2D eigenvalue weighted by molar-refractivity contribution is 0.672. The van der Waals surface area contributed by atoms with Crippen molar-refractivity contribution in [2.24, 2.45) is 0 Å². The third-order valence-electron chi connectivity index (χ3n) is 3.04. The van der Waals surface area contributed by atoms with E-state index in [-0.39, 0.29) is 0 Å². The summed E-state index contributed by atoms with van der Waals surface area (Å²) < 4.78 is 12.0. The zero-order valence-corrected chi connectivity index (χ0v) is 10.8. The summed E-state index contributed by atoms with van der Waals surface area (Å²) in [7, 11) is -0.853. The van der Waals surface area contributed by atoms with Gasteiger partial charge in [0.25, 0.3) is 0 Å². The molecule has 3 heteroatoms. The van der Waals surface area contributed by atoms with Gasteiger partial charge in [-0.3, -0.25) is 4.21 Å². The molecule has 16 heavy (non-hydrogen) atoms. The van der Waals surface area contributed by atoms with Crippen LogP contribution in [-0.4, -0.2) is 22.5 Å². The lowest BCUT2D eigenvalue weighted by atomic mass is 10.1. The molecule has 1 aliphatic carbocycles. The van der Waals surface area contributed by atoms with Gasteiger partial charge in [0.05, 0.1) is 10.8 Å². The van der Waals surface area contributed by atoms with E-state index in [2.05, 4.69) is 25.2 Å². The SMILES string of the molecule is Cc1ccc(S(=O)CCNC2CC2)cc1C. The monoisotopic (exact) mass is 237 g/mol. The number of rotatable bonds is 5. The van der Waals surface area contributed by atoms with Crippen molar-refractivity contribution in [3.8, 4) is 0 Å². The van der Waals surface area contributed by atoms with E-state index >= 15 is 0 Å². The summed E-state index contributed by atoms with van der Waals surface area (Å²) in [5.41, 5.74) is 2.48. The van der Waals surface area contributed by atoms with Gasteiger partial charge in [0.2, 0.25) is 0 Å². The molecule has 1 saturated carbocycles. The smallest absolute Gasteiger partial charge is 0.0542 e. The zero-order valence-electron chi connectivity index (χ0n) is 9.95. The largest absolute Gasteiger partial charge is 0.313 e. The molecule has 0 radical (unpaired) electrons. The second-order valence-corrected chi connectivity index (χ2v) is 6.09. The van der Waals surface area contributed by atoms with Crippen LogP contribution < -0.4 is 5.32 Å². The minimum Gasteiger partial charge on any atom is -0.313 e. The fourth-order valence-electron chi connectivity index (χ4n) is 1.62. The van der Waals surface area contributed by atoms with E-state index < -0.39 is 10.8 Å². The van der Waals surface area contributed by atoms with Gasteiger partial charge in [-0.05, 0) is 49.9 Å². The fourth-order valence-corrected chi connectivity index (χ4v) is 2.68. The molecule has 2 rings (SSSR count). The van der Waals surface area contributed by atoms with Crippen molar-refractivity contribution in [1.82, 2.24) is 5.32 Å². The molecule has 0 bridgehead atoms. The molecule has 1 aromatic carbocycles. The Kier molecular flexibility index (Phi) is 3.77. The van der Waals surface area contributed by atoms with Crippen molar-refractivity contribution < 1.29 is 4.21 Å². The summed E-state index contributed by atoms with van der Waals surface area (Å²) in [5, 5.41) is 3.39. The second kappa shape index (κ2) is 5.11. The first-order valence-electron chi connectivity index (χ1n) is 5.86. The normalized spacial score (nSPS) is 17.4. The van der Waals surface area contributed by atoms with E-state index in [4.69, 9.17) is 0 Å². The second-order valence-electron chi connectivity index (χ2n) is 4.52. The van der Waals surface area contributed by atoms with Crippen LogP contribution in [0.1, 0.15) is 24.0 Å². The molecule has 1 N–H and O–H groups in total. The number of aryl methyl sites for hydroxylation is 2. The van der Waals surface area contributed by atoms with E-state index in [1.54, 1.807) is 0 Å². The predicted molar refractivity (Wildman–Crippen MR) is 68.2 cm³/mol. The standard InChI is InChI=1S/C13H19NOS/c1-10-3-6-13(9-11(10)2)16(15)8-7-14-12-4-5-12/h3,6,9,12,14H,4-5,7-8H2,1-2H3. The maximum atomic E-state index is 12.0. The highest BCUT2D eigenvalue weighted by atomic mass is 32.2. The number of nitrogens with one attached hydrogen (secondary N) is 1. The molecule has 2 nitrogen and oxygen atoms in total. The Balaban J connectivity index is 1.88. The first kappa shape index (κ1) is 11.8. The van der Waals surface area contributed by atoms with Gasteiger partial charge in [-0.2, -0.15) is 0 Å². The van der Waals surface area contributed by atoms with Crippen LogP contribution in [0, 0.1) is 13.8 Å². The third kappa shape index (κ3) is 3.16. The van der Waals surface area contributed by atoms with Gasteiger partial charge < -0.3 is 5.32 Å². The minimum atomic E-state index is -0.853. The van der Waals surface area contributed by atoms with Gasteiger partial charge in [-0.25, -0.2) is 0 Å². The summed E-state index contributed by atoms with van der Waals surface area (Å²) in [6.45, 7) is 5.01. The van der Waals surface area contributed by atoms with Gasteiger partial charge in [0, 0.05) is 23.2 Å². The highest BCUT2D eigenvalue weighted by Crippen LogP contribution is 2.18. The number of hydrogen-bond acceptors (Lipinski definition) is 2. The molecule has 0 aromatic heterocycles. The van der Waals surface area contributed by atoms with Crippen LogP contribution in [0.25, 0.3) is 0 Å². The molecule has 1 aromatic rings. The Morgan fingerprint density at radius 2 is 2.06 bits per heavy atom. The Hall–Kier alpha value is -0.670. The molecule has 1 aliphatic rings. The fraction of sp³-hybridized carbons (Fsp3) is 0.538. The predicted octanol–water partition coefficient (Wildman–Crippen LogP) is 2.16. The quantitative estimate of drug-likeness (QED) is 0.850. The van der Waals surface area contributed by atoms with E-state index in [1.807, 2.05) is 12.1 Å². The van der Waals surface area contributed by atoms with E-state index in [1.165, 1.54) is 24.0 Å². The lowest BCUT2D eigenvalue weighted by Crippen LogP contribution is -2.22. The molecule has 0 amide bonds.